The van der Waals surface area contributed by atoms with E-state index in [4.69, 9.17) is 17.3 Å². The Labute approximate surface area is 133 Å². The molecule has 22 heavy (non-hydrogen) atoms. The summed E-state index contributed by atoms with van der Waals surface area (Å²) in [6, 6.07) is 5.32. The number of rotatable bonds is 6. The third-order valence-corrected chi connectivity index (χ3v) is 3.24. The molecule has 0 unspecified atom stereocenters. The molecule has 114 valence electrons. The zero-order chi connectivity index (χ0) is 16.1. The molecule has 4 N–H and O–H groups in total. The first-order valence-corrected chi connectivity index (χ1v) is 7.08. The van der Waals surface area contributed by atoms with Crippen LogP contribution in [0, 0.1) is 0 Å². The minimum absolute atomic E-state index is 0.0342. The lowest BCUT2D eigenvalue weighted by Gasteiger charge is -2.11. The van der Waals surface area contributed by atoms with Gasteiger partial charge in [-0.25, -0.2) is 9.97 Å². The summed E-state index contributed by atoms with van der Waals surface area (Å²) in [5.74, 6) is 0.916. The quantitative estimate of drug-likeness (QED) is 0.562. The van der Waals surface area contributed by atoms with E-state index in [1.165, 1.54) is 12.2 Å². The summed E-state index contributed by atoms with van der Waals surface area (Å²) < 4.78 is 0. The SMILES string of the molecule is C=C/C(O)=C(\C=C)c1nc(NCCN)c2cc(Cl)ccc2n1. The molecule has 6 heteroatoms. The molecule has 0 saturated carbocycles. The Morgan fingerprint density at radius 1 is 1.32 bits per heavy atom. The van der Waals surface area contributed by atoms with Crippen LogP contribution in [0.1, 0.15) is 5.82 Å². The third-order valence-electron chi connectivity index (χ3n) is 3.01. The number of hydrogen-bond donors (Lipinski definition) is 3. The van der Waals surface area contributed by atoms with Gasteiger partial charge in [0, 0.05) is 23.5 Å². The Bertz CT molecular complexity index is 755. The number of fused-ring (bicyclic) bond motifs is 1. The van der Waals surface area contributed by atoms with Crippen LogP contribution in [0.25, 0.3) is 16.5 Å². The number of aromatic nitrogens is 2. The molecular formula is C16H17ClN4O. The van der Waals surface area contributed by atoms with Gasteiger partial charge >= 0.3 is 0 Å². The van der Waals surface area contributed by atoms with E-state index in [-0.39, 0.29) is 5.76 Å². The summed E-state index contributed by atoms with van der Waals surface area (Å²) in [4.78, 5) is 8.89. The summed E-state index contributed by atoms with van der Waals surface area (Å²) >= 11 is 6.04. The fraction of sp³-hybridized carbons (Fsp3) is 0.125. The van der Waals surface area contributed by atoms with Crippen molar-refractivity contribution in [3.63, 3.8) is 0 Å². The second kappa shape index (κ2) is 7.06. The van der Waals surface area contributed by atoms with E-state index in [1.54, 1.807) is 18.2 Å². The van der Waals surface area contributed by atoms with E-state index in [0.29, 0.717) is 40.8 Å². The molecule has 0 fully saturated rings. The van der Waals surface area contributed by atoms with Crippen molar-refractivity contribution in [1.29, 1.82) is 0 Å². The topological polar surface area (TPSA) is 84.1 Å². The van der Waals surface area contributed by atoms with E-state index in [1.807, 2.05) is 0 Å². The maximum atomic E-state index is 9.90. The van der Waals surface area contributed by atoms with Crippen molar-refractivity contribution in [3.05, 3.63) is 60.1 Å². The molecule has 0 amide bonds. The van der Waals surface area contributed by atoms with E-state index in [9.17, 15) is 5.11 Å². The van der Waals surface area contributed by atoms with E-state index >= 15 is 0 Å². The first-order chi connectivity index (χ1) is 10.6. The van der Waals surface area contributed by atoms with E-state index < -0.39 is 0 Å². The van der Waals surface area contributed by atoms with Crippen molar-refractivity contribution in [2.24, 2.45) is 5.73 Å². The van der Waals surface area contributed by atoms with Crippen molar-refractivity contribution < 1.29 is 5.11 Å². The van der Waals surface area contributed by atoms with Gasteiger partial charge in [-0.05, 0) is 24.3 Å². The fourth-order valence-corrected chi connectivity index (χ4v) is 2.14. The number of aliphatic hydroxyl groups excluding tert-OH is 1. The third kappa shape index (κ3) is 3.27. The summed E-state index contributed by atoms with van der Waals surface area (Å²) in [6.45, 7) is 8.24. The zero-order valence-corrected chi connectivity index (χ0v) is 12.8. The van der Waals surface area contributed by atoms with Crippen LogP contribution in [0.5, 0.6) is 0 Å². The lowest BCUT2D eigenvalue weighted by atomic mass is 10.1. The number of nitrogens with two attached hydrogens (primary N) is 1. The number of halogens is 1. The van der Waals surface area contributed by atoms with Gasteiger partial charge in [0.05, 0.1) is 11.1 Å². The lowest BCUT2D eigenvalue weighted by Crippen LogP contribution is -2.15. The second-order valence-corrected chi connectivity index (χ2v) is 4.92. The molecule has 1 aromatic carbocycles. The van der Waals surface area contributed by atoms with Crippen LogP contribution in [0.4, 0.5) is 5.82 Å². The summed E-state index contributed by atoms with van der Waals surface area (Å²) in [5.41, 5.74) is 6.64. The molecule has 0 spiro atoms. The van der Waals surface area contributed by atoms with Gasteiger partial charge in [-0.1, -0.05) is 30.8 Å². The number of aliphatic hydroxyl groups is 1. The van der Waals surface area contributed by atoms with Gasteiger partial charge in [0.2, 0.25) is 0 Å². The molecule has 5 nitrogen and oxygen atoms in total. The summed E-state index contributed by atoms with van der Waals surface area (Å²) in [6.07, 6.45) is 2.81. The van der Waals surface area contributed by atoms with Crippen molar-refractivity contribution in [2.75, 3.05) is 18.4 Å². The smallest absolute Gasteiger partial charge is 0.165 e. The molecule has 2 aromatic rings. The molecular weight excluding hydrogens is 300 g/mol. The van der Waals surface area contributed by atoms with Gasteiger partial charge in [-0.15, -0.1) is 0 Å². The van der Waals surface area contributed by atoms with Crippen molar-refractivity contribution in [2.45, 2.75) is 0 Å². The molecule has 1 aromatic heterocycles. The normalized spacial score (nSPS) is 11.9. The molecule has 1 heterocycles. The van der Waals surface area contributed by atoms with Crippen LogP contribution in [-0.2, 0) is 0 Å². The first-order valence-electron chi connectivity index (χ1n) is 6.70. The standard InChI is InChI=1S/C16H17ClN4O/c1-3-11(14(22)4-2)16-20-13-6-5-10(17)9-12(13)15(21-16)19-8-7-18/h3-6,9,22H,1-2,7-8,18H2,(H,19,20,21)/b14-11-. The second-order valence-electron chi connectivity index (χ2n) is 4.48. The zero-order valence-electron chi connectivity index (χ0n) is 12.0. The van der Waals surface area contributed by atoms with E-state index in [0.717, 1.165) is 5.39 Å². The molecule has 0 bridgehead atoms. The van der Waals surface area contributed by atoms with Crippen LogP contribution in [0.3, 0.4) is 0 Å². The van der Waals surface area contributed by atoms with Crippen LogP contribution >= 0.6 is 11.6 Å². The average Bonchev–Trinajstić information content (AvgIpc) is 2.53. The Hall–Kier alpha value is -2.37. The Morgan fingerprint density at radius 3 is 2.73 bits per heavy atom. The summed E-state index contributed by atoms with van der Waals surface area (Å²) in [5, 5.41) is 14.4. The highest BCUT2D eigenvalue weighted by molar-refractivity contribution is 6.31. The number of benzene rings is 1. The summed E-state index contributed by atoms with van der Waals surface area (Å²) in [7, 11) is 0. The highest BCUT2D eigenvalue weighted by Crippen LogP contribution is 2.27. The van der Waals surface area contributed by atoms with Gasteiger partial charge < -0.3 is 16.2 Å². The Balaban J connectivity index is 2.69. The first kappa shape index (κ1) is 16.0. The van der Waals surface area contributed by atoms with Gasteiger partial charge in [0.15, 0.2) is 5.82 Å². The van der Waals surface area contributed by atoms with Crippen molar-refractivity contribution in [3.8, 4) is 0 Å². The number of allylic oxidation sites excluding steroid dienone is 3. The number of hydrogen-bond acceptors (Lipinski definition) is 5. The van der Waals surface area contributed by atoms with Crippen LogP contribution in [0.15, 0.2) is 49.3 Å². The Kier molecular flexibility index (Phi) is 5.14. The van der Waals surface area contributed by atoms with Gasteiger partial charge in [-0.2, -0.15) is 0 Å². The molecule has 0 atom stereocenters. The van der Waals surface area contributed by atoms with Gasteiger partial charge in [0.25, 0.3) is 0 Å². The molecule has 0 aliphatic heterocycles. The fourth-order valence-electron chi connectivity index (χ4n) is 1.97. The number of nitrogens with zero attached hydrogens (tertiary/aromatic N) is 2. The molecule has 0 aliphatic rings. The number of nitrogens with one attached hydrogen (secondary N) is 1. The van der Waals surface area contributed by atoms with E-state index in [2.05, 4.69) is 28.4 Å². The van der Waals surface area contributed by atoms with Crippen molar-refractivity contribution >= 4 is 33.9 Å². The van der Waals surface area contributed by atoms with Crippen LogP contribution in [0.2, 0.25) is 5.02 Å². The Morgan fingerprint density at radius 2 is 2.09 bits per heavy atom. The van der Waals surface area contributed by atoms with Crippen LogP contribution in [-0.4, -0.2) is 28.2 Å². The van der Waals surface area contributed by atoms with Gasteiger partial charge in [0.1, 0.15) is 11.6 Å². The van der Waals surface area contributed by atoms with Gasteiger partial charge in [-0.3, -0.25) is 0 Å². The van der Waals surface area contributed by atoms with Crippen LogP contribution < -0.4 is 11.1 Å². The highest BCUT2D eigenvalue weighted by atomic mass is 35.5. The minimum atomic E-state index is -0.0342. The molecule has 0 radical (unpaired) electrons. The molecule has 0 aliphatic carbocycles. The largest absolute Gasteiger partial charge is 0.507 e. The molecule has 2 rings (SSSR count). The predicted octanol–water partition coefficient (Wildman–Crippen LogP) is 3.29. The van der Waals surface area contributed by atoms with Crippen molar-refractivity contribution in [1.82, 2.24) is 9.97 Å². The highest BCUT2D eigenvalue weighted by Gasteiger charge is 2.12. The number of anilines is 1. The maximum absolute atomic E-state index is 9.90. The average molecular weight is 317 g/mol. The lowest BCUT2D eigenvalue weighted by molar-refractivity contribution is 0.435. The predicted molar refractivity (Wildman–Crippen MR) is 92.0 cm³/mol. The monoisotopic (exact) mass is 316 g/mol. The molecule has 0 saturated heterocycles. The maximum Gasteiger partial charge on any atom is 0.165 e. The minimum Gasteiger partial charge on any atom is -0.507 e.